The fourth-order valence-electron chi connectivity index (χ4n) is 4.25. The summed E-state index contributed by atoms with van der Waals surface area (Å²) >= 11 is 0. The van der Waals surface area contributed by atoms with Crippen molar-refractivity contribution in [3.63, 3.8) is 0 Å². The van der Waals surface area contributed by atoms with Crippen LogP contribution in [0.25, 0.3) is 21.9 Å². The van der Waals surface area contributed by atoms with Gasteiger partial charge in [-0.1, -0.05) is 0 Å². The molecule has 11 nitrogen and oxygen atoms in total. The summed E-state index contributed by atoms with van der Waals surface area (Å²) in [5, 5.41) is 1.33. The quantitative estimate of drug-likeness (QED) is 0.285. The van der Waals surface area contributed by atoms with Crippen molar-refractivity contribution in [1.29, 1.82) is 0 Å². The molecule has 0 fully saturated rings. The number of hydrogen-bond donors (Lipinski definition) is 1. The minimum absolute atomic E-state index is 0.0275. The lowest BCUT2D eigenvalue weighted by atomic mass is 9.99. The molecule has 39 heavy (non-hydrogen) atoms. The van der Waals surface area contributed by atoms with Crippen LogP contribution in [0.4, 0.5) is 0 Å². The number of pyridine rings is 2. The molecule has 0 aliphatic heterocycles. The summed E-state index contributed by atoms with van der Waals surface area (Å²) in [7, 11) is 8.55. The minimum atomic E-state index is -0.114. The number of aryl methyl sites for hydroxylation is 1. The van der Waals surface area contributed by atoms with Gasteiger partial charge in [0.15, 0.2) is 0 Å². The van der Waals surface area contributed by atoms with E-state index in [0.717, 1.165) is 22.1 Å². The third kappa shape index (κ3) is 7.76. The molecule has 3 rings (SSSR count). The number of methoxy groups -OCH3 is 2. The van der Waals surface area contributed by atoms with Gasteiger partial charge in [0.25, 0.3) is 5.56 Å². The highest BCUT2D eigenvalue weighted by atomic mass is 16.5. The molecule has 2 N–H and O–H groups in total. The molecule has 11 heteroatoms. The number of nitrogens with two attached hydrogens (primary N) is 1. The highest BCUT2D eigenvalue weighted by molar-refractivity contribution is 5.95. The third-order valence-electron chi connectivity index (χ3n) is 6.37. The maximum Gasteiger partial charge on any atom is 0.259 e. The molecule has 0 radical (unpaired) electrons. The van der Waals surface area contributed by atoms with Crippen molar-refractivity contribution in [2.24, 2.45) is 12.8 Å². The number of fused-ring (bicyclic) bond motifs is 1. The smallest absolute Gasteiger partial charge is 0.259 e. The number of ether oxygens (including phenoxy) is 4. The van der Waals surface area contributed by atoms with Gasteiger partial charge in [-0.25, -0.2) is 0 Å². The summed E-state index contributed by atoms with van der Waals surface area (Å²) < 4.78 is 23.8. The molecule has 1 amide bonds. The lowest BCUT2D eigenvalue weighted by molar-refractivity contribution is -0.131. The average Bonchev–Trinajstić information content (AvgIpc) is 2.94. The van der Waals surface area contributed by atoms with Gasteiger partial charge in [-0.3, -0.25) is 19.5 Å². The number of nitrogens with zero attached hydrogens (tertiary/aromatic N) is 4. The van der Waals surface area contributed by atoms with Crippen LogP contribution >= 0.6 is 0 Å². The first kappa shape index (κ1) is 30.0. The predicted molar refractivity (Wildman–Crippen MR) is 150 cm³/mol. The van der Waals surface area contributed by atoms with E-state index in [1.165, 1.54) is 0 Å². The molecule has 0 aliphatic carbocycles. The van der Waals surface area contributed by atoms with Crippen molar-refractivity contribution >= 4 is 16.7 Å². The molecular weight excluding hydrogens is 502 g/mol. The summed E-state index contributed by atoms with van der Waals surface area (Å²) in [4.78, 5) is 33.1. The van der Waals surface area contributed by atoms with Gasteiger partial charge in [-0.2, -0.15) is 0 Å². The first-order valence-corrected chi connectivity index (χ1v) is 12.8. The van der Waals surface area contributed by atoms with Crippen molar-refractivity contribution in [1.82, 2.24) is 19.4 Å². The van der Waals surface area contributed by atoms with Gasteiger partial charge < -0.3 is 34.1 Å². The van der Waals surface area contributed by atoms with Gasteiger partial charge in [0, 0.05) is 57.9 Å². The Labute approximate surface area is 229 Å². The number of amides is 1. The van der Waals surface area contributed by atoms with Crippen molar-refractivity contribution in [3.05, 3.63) is 52.7 Å². The Hall–Kier alpha value is -3.51. The lowest BCUT2D eigenvalue weighted by Crippen LogP contribution is -2.38. The summed E-state index contributed by atoms with van der Waals surface area (Å²) in [6, 6.07) is 5.68. The molecule has 0 saturated carbocycles. The molecule has 2 aromatic heterocycles. The number of rotatable bonds is 15. The topological polar surface area (TPSA) is 121 Å². The van der Waals surface area contributed by atoms with Gasteiger partial charge >= 0.3 is 0 Å². The molecule has 0 aliphatic rings. The molecule has 0 unspecified atom stereocenters. The van der Waals surface area contributed by atoms with Crippen LogP contribution in [0.3, 0.4) is 0 Å². The number of benzene rings is 1. The third-order valence-corrected chi connectivity index (χ3v) is 6.37. The van der Waals surface area contributed by atoms with Crippen LogP contribution in [-0.4, -0.2) is 99.6 Å². The van der Waals surface area contributed by atoms with Crippen molar-refractivity contribution in [2.75, 3.05) is 74.4 Å². The normalized spacial score (nSPS) is 11.3. The Balaban J connectivity index is 1.72. The average molecular weight is 542 g/mol. The summed E-state index contributed by atoms with van der Waals surface area (Å²) in [5.41, 5.74) is 7.78. The first-order chi connectivity index (χ1) is 18.8. The highest BCUT2D eigenvalue weighted by Gasteiger charge is 2.19. The molecule has 3 aromatic rings. The van der Waals surface area contributed by atoms with Crippen LogP contribution in [0.5, 0.6) is 11.5 Å². The van der Waals surface area contributed by atoms with E-state index in [1.807, 2.05) is 30.1 Å². The fourth-order valence-corrected chi connectivity index (χ4v) is 4.25. The number of carbonyl (C=O) groups excluding carboxylic acids is 1. The van der Waals surface area contributed by atoms with Crippen molar-refractivity contribution < 1.29 is 23.7 Å². The molecule has 212 valence electrons. The van der Waals surface area contributed by atoms with E-state index in [2.05, 4.69) is 4.98 Å². The molecule has 2 heterocycles. The molecule has 0 saturated heterocycles. The second kappa shape index (κ2) is 14.6. The summed E-state index contributed by atoms with van der Waals surface area (Å²) in [6.45, 7) is 3.48. The lowest BCUT2D eigenvalue weighted by Gasteiger charge is -2.24. The highest BCUT2D eigenvalue weighted by Crippen LogP contribution is 2.37. The maximum atomic E-state index is 12.8. The van der Waals surface area contributed by atoms with Crippen LogP contribution < -0.4 is 20.8 Å². The van der Waals surface area contributed by atoms with Gasteiger partial charge in [0.2, 0.25) is 5.91 Å². The largest absolute Gasteiger partial charge is 0.496 e. The number of hydrogen-bond acceptors (Lipinski definition) is 9. The predicted octanol–water partition coefficient (Wildman–Crippen LogP) is 1.50. The zero-order chi connectivity index (χ0) is 28.4. The van der Waals surface area contributed by atoms with Crippen LogP contribution in [0.15, 0.2) is 41.6 Å². The second-order valence-electron chi connectivity index (χ2n) is 9.24. The van der Waals surface area contributed by atoms with Gasteiger partial charge in [-0.05, 0) is 36.2 Å². The van der Waals surface area contributed by atoms with E-state index in [-0.39, 0.29) is 18.0 Å². The maximum absolute atomic E-state index is 12.8. The number of aromatic nitrogens is 2. The first-order valence-electron chi connectivity index (χ1n) is 12.8. The molecule has 0 bridgehead atoms. The van der Waals surface area contributed by atoms with Crippen LogP contribution in [0.2, 0.25) is 0 Å². The van der Waals surface area contributed by atoms with E-state index in [4.69, 9.17) is 24.7 Å². The van der Waals surface area contributed by atoms with Gasteiger partial charge in [-0.15, -0.1) is 0 Å². The summed E-state index contributed by atoms with van der Waals surface area (Å²) in [6.07, 6.45) is 5.05. The van der Waals surface area contributed by atoms with Crippen LogP contribution in [0, 0.1) is 0 Å². The zero-order valence-electron chi connectivity index (χ0n) is 23.4. The standard InChI is InChI=1S/C28H39N5O6/c1-31(19-27(34)32(2)9-11-39-13-12-38-10-7-29)17-24-25(36-4)14-20(15-26(24)37-5)23-18-33(3)28(35)22-16-30-8-6-21(22)23/h6,8,14-16,18H,7,9-13,17,19,29H2,1-5H3. The SMILES string of the molecule is COc1cc(-c2cn(C)c(=O)c3cnccc23)cc(OC)c1CN(C)CC(=O)N(C)CCOCCOCCN. The Morgan fingerprint density at radius 1 is 1.03 bits per heavy atom. The van der Waals surface area contributed by atoms with E-state index >= 15 is 0 Å². The number of likely N-dealkylation sites (N-methyl/N-ethyl adjacent to an activating group) is 2. The molecule has 1 aromatic carbocycles. The van der Waals surface area contributed by atoms with E-state index in [1.54, 1.807) is 56.4 Å². The van der Waals surface area contributed by atoms with Crippen LogP contribution in [0.1, 0.15) is 5.56 Å². The number of carbonyl (C=O) groups is 1. The van der Waals surface area contributed by atoms with Crippen LogP contribution in [-0.2, 0) is 27.9 Å². The van der Waals surface area contributed by atoms with E-state index in [0.29, 0.717) is 62.9 Å². The van der Waals surface area contributed by atoms with E-state index < -0.39 is 0 Å². The van der Waals surface area contributed by atoms with Crippen molar-refractivity contribution in [2.45, 2.75) is 6.54 Å². The molecule has 0 spiro atoms. The minimum Gasteiger partial charge on any atom is -0.496 e. The van der Waals surface area contributed by atoms with Crippen molar-refractivity contribution in [3.8, 4) is 22.6 Å². The Morgan fingerprint density at radius 2 is 1.69 bits per heavy atom. The zero-order valence-corrected chi connectivity index (χ0v) is 23.4. The molecular formula is C28H39N5O6. The fraction of sp³-hybridized carbons (Fsp3) is 0.464. The Morgan fingerprint density at radius 3 is 2.33 bits per heavy atom. The van der Waals surface area contributed by atoms with E-state index in [9.17, 15) is 9.59 Å². The van der Waals surface area contributed by atoms with Gasteiger partial charge in [0.05, 0.1) is 58.1 Å². The Kier molecular flexibility index (Phi) is 11.2. The monoisotopic (exact) mass is 541 g/mol. The second-order valence-corrected chi connectivity index (χ2v) is 9.24. The van der Waals surface area contributed by atoms with Gasteiger partial charge in [0.1, 0.15) is 11.5 Å². The Bertz CT molecular complexity index is 1290. The summed E-state index contributed by atoms with van der Waals surface area (Å²) in [5.74, 6) is 1.22. The molecule has 0 atom stereocenters.